The van der Waals surface area contributed by atoms with Gasteiger partial charge in [0.15, 0.2) is 5.82 Å². The van der Waals surface area contributed by atoms with Gasteiger partial charge in [-0.3, -0.25) is 0 Å². The molecular formula is C14H11IN2O2. The third kappa shape index (κ3) is 3.58. The quantitative estimate of drug-likeness (QED) is 0.476. The summed E-state index contributed by atoms with van der Waals surface area (Å²) in [7, 11) is 1.54. The third-order valence-corrected chi connectivity index (χ3v) is 2.64. The number of halogens is 1. The van der Waals surface area contributed by atoms with Crippen LogP contribution in [-0.2, 0) is 0 Å². The van der Waals surface area contributed by atoms with Crippen LogP contribution in [0.2, 0.25) is 0 Å². The molecule has 0 saturated heterocycles. The molecule has 0 aliphatic carbocycles. The zero-order valence-electron chi connectivity index (χ0n) is 10.3. The zero-order chi connectivity index (χ0) is 13.5. The van der Waals surface area contributed by atoms with Crippen LogP contribution in [0.1, 0.15) is 0 Å². The standard InChI is InChI=1S/C14H11IN2O2/c1-18-12-10-16-13(11-6-3-2-4-7-11)17-14(12)19-9-5-8-15/h2-4,6-7,10H,8H2,1H3. The van der Waals surface area contributed by atoms with E-state index in [0.717, 1.165) is 5.56 Å². The van der Waals surface area contributed by atoms with E-state index >= 15 is 0 Å². The van der Waals surface area contributed by atoms with Gasteiger partial charge < -0.3 is 9.47 Å². The Hall–Kier alpha value is -1.81. The summed E-state index contributed by atoms with van der Waals surface area (Å²) in [5, 5.41) is 0. The van der Waals surface area contributed by atoms with Crippen molar-refractivity contribution < 1.29 is 9.47 Å². The molecule has 0 radical (unpaired) electrons. The molecule has 1 heterocycles. The highest BCUT2D eigenvalue weighted by Gasteiger charge is 2.09. The minimum Gasteiger partial charge on any atom is -0.490 e. The molecule has 2 rings (SSSR count). The molecule has 1 aromatic carbocycles. The fraction of sp³-hybridized carbons (Fsp3) is 0.143. The number of hydrogen-bond acceptors (Lipinski definition) is 4. The van der Waals surface area contributed by atoms with Gasteiger partial charge >= 0.3 is 0 Å². The largest absolute Gasteiger partial charge is 0.490 e. The first-order chi connectivity index (χ1) is 9.35. The Balaban J connectivity index is 2.35. The van der Waals surface area contributed by atoms with Crippen LogP contribution in [0.4, 0.5) is 0 Å². The smallest absolute Gasteiger partial charge is 0.276 e. The Bertz CT molecular complexity index is 606. The van der Waals surface area contributed by atoms with Gasteiger partial charge in [-0.15, -0.1) is 0 Å². The second-order valence-electron chi connectivity index (χ2n) is 3.45. The molecule has 0 saturated carbocycles. The maximum Gasteiger partial charge on any atom is 0.276 e. The molecule has 0 aliphatic rings. The number of nitrogens with zero attached hydrogens (tertiary/aromatic N) is 2. The fourth-order valence-electron chi connectivity index (χ4n) is 1.41. The van der Waals surface area contributed by atoms with Gasteiger partial charge in [0.25, 0.3) is 5.88 Å². The lowest BCUT2D eigenvalue weighted by atomic mass is 10.2. The monoisotopic (exact) mass is 366 g/mol. The van der Waals surface area contributed by atoms with Crippen LogP contribution < -0.4 is 9.47 Å². The van der Waals surface area contributed by atoms with E-state index in [1.807, 2.05) is 30.3 Å². The maximum absolute atomic E-state index is 5.29. The maximum atomic E-state index is 5.29. The highest BCUT2D eigenvalue weighted by Crippen LogP contribution is 2.26. The van der Waals surface area contributed by atoms with Gasteiger partial charge in [-0.1, -0.05) is 52.9 Å². The molecule has 96 valence electrons. The first kappa shape index (κ1) is 13.6. The van der Waals surface area contributed by atoms with E-state index in [4.69, 9.17) is 9.47 Å². The number of benzene rings is 1. The SMILES string of the molecule is COc1cnc(-c2ccccc2)nc1OC#CCI. The topological polar surface area (TPSA) is 44.2 Å². The summed E-state index contributed by atoms with van der Waals surface area (Å²) in [6, 6.07) is 9.67. The van der Waals surface area contributed by atoms with Crippen molar-refractivity contribution in [1.29, 1.82) is 0 Å². The second kappa shape index (κ2) is 6.95. The van der Waals surface area contributed by atoms with Gasteiger partial charge in [0.1, 0.15) is 6.11 Å². The Morgan fingerprint density at radius 3 is 2.74 bits per heavy atom. The molecule has 19 heavy (non-hydrogen) atoms. The van der Waals surface area contributed by atoms with Crippen molar-refractivity contribution in [2.45, 2.75) is 0 Å². The molecule has 0 N–H and O–H groups in total. The normalized spacial score (nSPS) is 9.37. The van der Waals surface area contributed by atoms with Gasteiger partial charge in [0.05, 0.1) is 17.7 Å². The van der Waals surface area contributed by atoms with Gasteiger partial charge in [-0.05, 0) is 5.92 Å². The Morgan fingerprint density at radius 1 is 1.26 bits per heavy atom. The van der Waals surface area contributed by atoms with E-state index in [0.29, 0.717) is 21.9 Å². The number of rotatable bonds is 3. The summed E-state index contributed by atoms with van der Waals surface area (Å²) in [6.45, 7) is 0. The average Bonchev–Trinajstić information content (AvgIpc) is 2.48. The second-order valence-corrected chi connectivity index (χ2v) is 4.21. The number of methoxy groups -OCH3 is 1. The van der Waals surface area contributed by atoms with E-state index in [2.05, 4.69) is 44.6 Å². The Labute approximate surface area is 125 Å². The van der Waals surface area contributed by atoms with Gasteiger partial charge in [0, 0.05) is 5.56 Å². The average molecular weight is 366 g/mol. The van der Waals surface area contributed by atoms with Crippen molar-refractivity contribution in [2.75, 3.05) is 11.5 Å². The van der Waals surface area contributed by atoms with E-state index in [-0.39, 0.29) is 0 Å². The summed E-state index contributed by atoms with van der Waals surface area (Å²) in [6.07, 6.45) is 4.16. The molecule has 0 fully saturated rings. The molecule has 0 atom stereocenters. The van der Waals surface area contributed by atoms with Crippen LogP contribution in [-0.4, -0.2) is 21.5 Å². The Morgan fingerprint density at radius 2 is 2.05 bits per heavy atom. The first-order valence-corrected chi connectivity index (χ1v) is 7.05. The highest BCUT2D eigenvalue weighted by molar-refractivity contribution is 14.1. The zero-order valence-corrected chi connectivity index (χ0v) is 12.4. The molecule has 0 spiro atoms. The van der Waals surface area contributed by atoms with E-state index in [1.165, 1.54) is 0 Å². The van der Waals surface area contributed by atoms with Crippen molar-refractivity contribution in [1.82, 2.24) is 9.97 Å². The summed E-state index contributed by atoms with van der Waals surface area (Å²) < 4.78 is 11.1. The highest BCUT2D eigenvalue weighted by atomic mass is 127. The number of hydrogen-bond donors (Lipinski definition) is 0. The van der Waals surface area contributed by atoms with Crippen LogP contribution in [0.15, 0.2) is 36.5 Å². The predicted molar refractivity (Wildman–Crippen MR) is 81.3 cm³/mol. The van der Waals surface area contributed by atoms with Crippen LogP contribution in [0, 0.1) is 12.0 Å². The summed E-state index contributed by atoms with van der Waals surface area (Å²) in [4.78, 5) is 8.57. The molecule has 4 nitrogen and oxygen atoms in total. The molecule has 1 aromatic heterocycles. The van der Waals surface area contributed by atoms with E-state index in [9.17, 15) is 0 Å². The van der Waals surface area contributed by atoms with Crippen molar-refractivity contribution in [2.24, 2.45) is 0 Å². The molecule has 0 amide bonds. The first-order valence-electron chi connectivity index (χ1n) is 5.52. The number of ether oxygens (including phenoxy) is 2. The molecule has 5 heteroatoms. The van der Waals surface area contributed by atoms with Gasteiger partial charge in [-0.25, -0.2) is 4.98 Å². The molecule has 2 aromatic rings. The van der Waals surface area contributed by atoms with Crippen LogP contribution in [0.5, 0.6) is 11.6 Å². The number of alkyl halides is 1. The molecular weight excluding hydrogens is 355 g/mol. The van der Waals surface area contributed by atoms with E-state index in [1.54, 1.807) is 13.3 Å². The summed E-state index contributed by atoms with van der Waals surface area (Å²) in [5.74, 6) is 4.17. The van der Waals surface area contributed by atoms with Crippen molar-refractivity contribution in [3.63, 3.8) is 0 Å². The minimum absolute atomic E-state index is 0.328. The van der Waals surface area contributed by atoms with Crippen LogP contribution in [0.25, 0.3) is 11.4 Å². The fourth-order valence-corrected chi connectivity index (χ4v) is 1.56. The number of aromatic nitrogens is 2. The van der Waals surface area contributed by atoms with Crippen molar-refractivity contribution in [3.05, 3.63) is 36.5 Å². The Kier molecular flexibility index (Phi) is 4.98. The third-order valence-electron chi connectivity index (χ3n) is 2.26. The lowest BCUT2D eigenvalue weighted by Gasteiger charge is -2.06. The molecule has 0 aliphatic heterocycles. The lowest BCUT2D eigenvalue weighted by Crippen LogP contribution is -1.97. The van der Waals surface area contributed by atoms with Crippen LogP contribution in [0.3, 0.4) is 0 Å². The lowest BCUT2D eigenvalue weighted by molar-refractivity contribution is 0.376. The van der Waals surface area contributed by atoms with Crippen molar-refractivity contribution >= 4 is 22.6 Å². The van der Waals surface area contributed by atoms with E-state index < -0.39 is 0 Å². The predicted octanol–water partition coefficient (Wildman–Crippen LogP) is 2.93. The summed E-state index contributed by atoms with van der Waals surface area (Å²) >= 11 is 2.15. The summed E-state index contributed by atoms with van der Waals surface area (Å²) in [5.41, 5.74) is 0.914. The van der Waals surface area contributed by atoms with Crippen molar-refractivity contribution in [3.8, 4) is 35.0 Å². The molecule has 0 unspecified atom stereocenters. The van der Waals surface area contributed by atoms with Gasteiger partial charge in [0.2, 0.25) is 5.75 Å². The van der Waals surface area contributed by atoms with Gasteiger partial charge in [-0.2, -0.15) is 4.98 Å². The van der Waals surface area contributed by atoms with Crippen LogP contribution >= 0.6 is 22.6 Å². The molecule has 0 bridgehead atoms. The minimum atomic E-state index is 0.328.